The monoisotopic (exact) mass is 282 g/mol. The van der Waals surface area contributed by atoms with Gasteiger partial charge in [0.05, 0.1) is 0 Å². The fourth-order valence-corrected chi connectivity index (χ4v) is 1.44. The van der Waals surface area contributed by atoms with Gasteiger partial charge in [0.25, 0.3) is 0 Å². The van der Waals surface area contributed by atoms with Crippen LogP contribution < -0.4 is 0 Å². The van der Waals surface area contributed by atoms with Crippen LogP contribution in [0.2, 0.25) is 0 Å². The third-order valence-electron chi connectivity index (χ3n) is 1.57. The average Bonchev–Trinajstić information content (AvgIpc) is 2.08. The molecule has 0 saturated heterocycles. The molecule has 0 fully saturated rings. The fourth-order valence-electron chi connectivity index (χ4n) is 0.783. The van der Waals surface area contributed by atoms with Crippen molar-refractivity contribution in [1.29, 1.82) is 0 Å². The van der Waals surface area contributed by atoms with Crippen molar-refractivity contribution in [2.75, 3.05) is 0 Å². The van der Waals surface area contributed by atoms with E-state index in [9.17, 15) is 5.11 Å². The van der Waals surface area contributed by atoms with E-state index in [0.717, 1.165) is 0 Å². The molecule has 0 heterocycles. The molecular formula is C7H7IO4. The maximum absolute atomic E-state index is 9.25. The van der Waals surface area contributed by atoms with E-state index in [4.69, 9.17) is 15.3 Å². The van der Waals surface area contributed by atoms with Crippen molar-refractivity contribution in [3.63, 3.8) is 0 Å². The average molecular weight is 282 g/mol. The van der Waals surface area contributed by atoms with Crippen LogP contribution >= 0.6 is 22.6 Å². The molecule has 1 aromatic carbocycles. The summed E-state index contributed by atoms with van der Waals surface area (Å²) in [6.45, 7) is 1.44. The molecule has 0 radical (unpaired) electrons. The number of phenols is 4. The molecule has 0 bridgehead atoms. The summed E-state index contributed by atoms with van der Waals surface area (Å²) >= 11 is 1.67. The van der Waals surface area contributed by atoms with Gasteiger partial charge in [-0.15, -0.1) is 0 Å². The molecule has 66 valence electrons. The summed E-state index contributed by atoms with van der Waals surface area (Å²) in [6, 6.07) is 0. The zero-order valence-corrected chi connectivity index (χ0v) is 8.32. The molecule has 0 amide bonds. The van der Waals surface area contributed by atoms with Gasteiger partial charge in [-0.25, -0.2) is 0 Å². The molecule has 0 aromatic heterocycles. The summed E-state index contributed by atoms with van der Waals surface area (Å²) in [5.41, 5.74) is 0.148. The largest absolute Gasteiger partial charge is 0.506 e. The summed E-state index contributed by atoms with van der Waals surface area (Å²) < 4.78 is 0.125. The first kappa shape index (κ1) is 9.24. The third-order valence-corrected chi connectivity index (χ3v) is 2.60. The molecule has 1 rings (SSSR count). The van der Waals surface area contributed by atoms with E-state index < -0.39 is 17.2 Å². The summed E-state index contributed by atoms with van der Waals surface area (Å²) in [5.74, 6) is -1.82. The Morgan fingerprint density at radius 3 is 1.83 bits per heavy atom. The van der Waals surface area contributed by atoms with Crippen LogP contribution in [-0.4, -0.2) is 20.4 Å². The van der Waals surface area contributed by atoms with E-state index in [2.05, 4.69) is 0 Å². The van der Waals surface area contributed by atoms with E-state index in [1.807, 2.05) is 0 Å². The molecule has 0 spiro atoms. The van der Waals surface area contributed by atoms with Crippen LogP contribution in [0.25, 0.3) is 0 Å². The molecule has 0 aliphatic heterocycles. The Balaban J connectivity index is 3.60. The van der Waals surface area contributed by atoms with E-state index in [1.54, 1.807) is 22.6 Å². The lowest BCUT2D eigenvalue weighted by atomic mass is 10.2. The summed E-state index contributed by atoms with van der Waals surface area (Å²) in [6.07, 6.45) is 0. The molecule has 1 aromatic rings. The van der Waals surface area contributed by atoms with Gasteiger partial charge in [0.1, 0.15) is 9.32 Å². The SMILES string of the molecule is Cc1c(O)c(O)c(O)c(I)c1O. The molecular weight excluding hydrogens is 275 g/mol. The van der Waals surface area contributed by atoms with Gasteiger partial charge < -0.3 is 20.4 Å². The maximum atomic E-state index is 9.25. The van der Waals surface area contributed by atoms with Gasteiger partial charge >= 0.3 is 0 Å². The van der Waals surface area contributed by atoms with Crippen LogP contribution in [0.15, 0.2) is 0 Å². The molecule has 4 nitrogen and oxygen atoms in total. The van der Waals surface area contributed by atoms with Crippen molar-refractivity contribution in [2.45, 2.75) is 6.92 Å². The Hall–Kier alpha value is -0.850. The Morgan fingerprint density at radius 1 is 0.833 bits per heavy atom. The van der Waals surface area contributed by atoms with Crippen LogP contribution in [0, 0.1) is 10.5 Å². The minimum absolute atomic E-state index is 0.125. The number of benzene rings is 1. The molecule has 4 N–H and O–H groups in total. The molecule has 12 heavy (non-hydrogen) atoms. The smallest absolute Gasteiger partial charge is 0.201 e. The van der Waals surface area contributed by atoms with Crippen molar-refractivity contribution in [3.8, 4) is 23.0 Å². The lowest BCUT2D eigenvalue weighted by Crippen LogP contribution is -1.83. The number of hydrogen-bond donors (Lipinski definition) is 4. The zero-order valence-electron chi connectivity index (χ0n) is 6.17. The molecule has 0 aliphatic rings. The standard InChI is InChI=1S/C7H7IO4/c1-2-4(9)3(8)6(11)7(12)5(2)10/h9-12H,1H3. The lowest BCUT2D eigenvalue weighted by molar-refractivity contribution is 0.355. The number of hydrogen-bond acceptors (Lipinski definition) is 4. The first-order valence-electron chi connectivity index (χ1n) is 3.08. The molecule has 0 saturated carbocycles. The summed E-state index contributed by atoms with van der Waals surface area (Å²) in [4.78, 5) is 0. The number of halogens is 1. The van der Waals surface area contributed by atoms with Crippen LogP contribution in [0.4, 0.5) is 0 Å². The zero-order chi connectivity index (χ0) is 9.46. The quantitative estimate of drug-likeness (QED) is 0.329. The molecule has 5 heteroatoms. The van der Waals surface area contributed by atoms with E-state index in [-0.39, 0.29) is 14.9 Å². The van der Waals surface area contributed by atoms with Gasteiger partial charge in [-0.3, -0.25) is 0 Å². The van der Waals surface area contributed by atoms with Gasteiger partial charge in [-0.05, 0) is 29.5 Å². The predicted molar refractivity (Wildman–Crippen MR) is 50.6 cm³/mol. The minimum Gasteiger partial charge on any atom is -0.506 e. The summed E-state index contributed by atoms with van der Waals surface area (Å²) in [7, 11) is 0. The van der Waals surface area contributed by atoms with Crippen molar-refractivity contribution >= 4 is 22.6 Å². The second-order valence-electron chi connectivity index (χ2n) is 2.33. The van der Waals surface area contributed by atoms with E-state index in [1.165, 1.54) is 6.92 Å². The second kappa shape index (κ2) is 2.89. The van der Waals surface area contributed by atoms with E-state index >= 15 is 0 Å². The Kier molecular flexibility index (Phi) is 2.22. The predicted octanol–water partition coefficient (Wildman–Crippen LogP) is 1.42. The van der Waals surface area contributed by atoms with Crippen molar-refractivity contribution in [1.82, 2.24) is 0 Å². The highest BCUT2D eigenvalue weighted by Gasteiger charge is 2.18. The second-order valence-corrected chi connectivity index (χ2v) is 3.41. The topological polar surface area (TPSA) is 80.9 Å². The van der Waals surface area contributed by atoms with Gasteiger partial charge in [-0.2, -0.15) is 0 Å². The minimum atomic E-state index is -0.602. The van der Waals surface area contributed by atoms with Crippen LogP contribution in [0.5, 0.6) is 23.0 Å². The Labute approximate surface area is 82.2 Å². The normalized spacial score (nSPS) is 10.2. The Bertz CT molecular complexity index is 230. The highest BCUT2D eigenvalue weighted by atomic mass is 127. The van der Waals surface area contributed by atoms with Gasteiger partial charge in [0, 0.05) is 5.56 Å². The molecule has 0 atom stereocenters. The highest BCUT2D eigenvalue weighted by molar-refractivity contribution is 14.1. The molecule has 0 aliphatic carbocycles. The summed E-state index contributed by atoms with van der Waals surface area (Å²) in [5, 5.41) is 36.6. The first-order valence-corrected chi connectivity index (χ1v) is 4.16. The number of rotatable bonds is 0. The maximum Gasteiger partial charge on any atom is 0.201 e. The van der Waals surface area contributed by atoms with Gasteiger partial charge in [0.15, 0.2) is 11.5 Å². The van der Waals surface area contributed by atoms with Crippen LogP contribution in [-0.2, 0) is 0 Å². The third kappa shape index (κ3) is 1.13. The van der Waals surface area contributed by atoms with Gasteiger partial charge in [-0.1, -0.05) is 0 Å². The van der Waals surface area contributed by atoms with Crippen molar-refractivity contribution < 1.29 is 20.4 Å². The van der Waals surface area contributed by atoms with Crippen molar-refractivity contribution in [3.05, 3.63) is 9.13 Å². The number of aromatic hydroxyl groups is 4. The highest BCUT2D eigenvalue weighted by Crippen LogP contribution is 2.46. The van der Waals surface area contributed by atoms with Crippen LogP contribution in [0.3, 0.4) is 0 Å². The molecule has 0 unspecified atom stereocenters. The number of phenolic OH excluding ortho intramolecular Hbond substituents is 4. The first-order chi connectivity index (χ1) is 5.46. The fraction of sp³-hybridized carbons (Fsp3) is 0.143. The van der Waals surface area contributed by atoms with E-state index in [0.29, 0.717) is 0 Å². The van der Waals surface area contributed by atoms with Gasteiger partial charge in [0.2, 0.25) is 5.75 Å². The van der Waals surface area contributed by atoms with Crippen LogP contribution in [0.1, 0.15) is 5.56 Å². The lowest BCUT2D eigenvalue weighted by Gasteiger charge is -2.08. The Morgan fingerprint density at radius 2 is 1.33 bits per heavy atom. The van der Waals surface area contributed by atoms with Crippen molar-refractivity contribution in [2.24, 2.45) is 0 Å².